The molecule has 4 rings (SSSR count). The number of amides is 1. The Morgan fingerprint density at radius 3 is 2.43 bits per heavy atom. The lowest BCUT2D eigenvalue weighted by Crippen LogP contribution is -2.39. The first-order valence-corrected chi connectivity index (χ1v) is 10.2. The van der Waals surface area contributed by atoms with Crippen molar-refractivity contribution in [2.45, 2.75) is 19.3 Å². The molecule has 1 fully saturated rings. The maximum atomic E-state index is 12.8. The van der Waals surface area contributed by atoms with Gasteiger partial charge in [0.25, 0.3) is 5.91 Å². The van der Waals surface area contributed by atoms with Gasteiger partial charge in [-0.05, 0) is 55.0 Å². The van der Waals surface area contributed by atoms with Crippen LogP contribution < -0.4 is 5.32 Å². The molecule has 0 atom stereocenters. The van der Waals surface area contributed by atoms with E-state index in [9.17, 15) is 10.1 Å². The summed E-state index contributed by atoms with van der Waals surface area (Å²) in [7, 11) is 0. The van der Waals surface area contributed by atoms with E-state index in [1.807, 2.05) is 17.0 Å². The van der Waals surface area contributed by atoms with Crippen LogP contribution in [0.1, 0.15) is 34.5 Å². The summed E-state index contributed by atoms with van der Waals surface area (Å²) in [6, 6.07) is 23.2. The molecule has 1 N–H and O–H groups in total. The van der Waals surface area contributed by atoms with E-state index in [2.05, 4.69) is 45.8 Å². The standard InChI is InChI=1S/C24H23N5O/c25-17-20-8-4-5-9-21(20)26-23-11-10-22(27-28-23)24(30)29-14-12-19(13-15-29)16-18-6-2-1-3-7-18/h1-11,19H,12-16H2,(H,26,28). The lowest BCUT2D eigenvalue weighted by Gasteiger charge is -2.31. The molecule has 1 aliphatic rings. The van der Waals surface area contributed by atoms with Gasteiger partial charge in [0.1, 0.15) is 6.07 Å². The molecule has 0 unspecified atom stereocenters. The second kappa shape index (κ2) is 9.19. The number of likely N-dealkylation sites (tertiary alicyclic amines) is 1. The van der Waals surface area contributed by atoms with Crippen LogP contribution in [0.3, 0.4) is 0 Å². The number of hydrogen-bond acceptors (Lipinski definition) is 5. The number of anilines is 2. The number of nitrogens with zero attached hydrogens (tertiary/aromatic N) is 4. The molecule has 2 heterocycles. The van der Waals surface area contributed by atoms with Crippen LogP contribution in [-0.2, 0) is 6.42 Å². The average Bonchev–Trinajstić information content (AvgIpc) is 2.81. The Kier molecular flexibility index (Phi) is 6.00. The van der Waals surface area contributed by atoms with Gasteiger partial charge in [0.15, 0.2) is 11.5 Å². The molecule has 1 aromatic heterocycles. The summed E-state index contributed by atoms with van der Waals surface area (Å²) in [5, 5.41) is 20.5. The first-order valence-electron chi connectivity index (χ1n) is 10.2. The predicted octanol–water partition coefficient (Wildman–Crippen LogP) is 4.19. The number of piperidine rings is 1. The SMILES string of the molecule is N#Cc1ccccc1Nc1ccc(C(=O)N2CCC(Cc3ccccc3)CC2)nn1. The van der Waals surface area contributed by atoms with Crippen LogP contribution in [0.5, 0.6) is 0 Å². The van der Waals surface area contributed by atoms with Gasteiger partial charge in [-0.3, -0.25) is 4.79 Å². The molecule has 1 aliphatic heterocycles. The Morgan fingerprint density at radius 2 is 1.73 bits per heavy atom. The van der Waals surface area contributed by atoms with E-state index in [0.717, 1.165) is 32.4 Å². The maximum absolute atomic E-state index is 12.8. The molecule has 0 aliphatic carbocycles. The van der Waals surface area contributed by atoms with E-state index in [0.29, 0.717) is 28.7 Å². The highest BCUT2D eigenvalue weighted by atomic mass is 16.2. The highest BCUT2D eigenvalue weighted by molar-refractivity contribution is 5.92. The van der Waals surface area contributed by atoms with Gasteiger partial charge in [-0.25, -0.2) is 0 Å². The van der Waals surface area contributed by atoms with Gasteiger partial charge in [-0.15, -0.1) is 10.2 Å². The molecule has 0 bridgehead atoms. The Morgan fingerprint density at radius 1 is 1.00 bits per heavy atom. The Labute approximate surface area is 176 Å². The molecule has 150 valence electrons. The normalized spacial score (nSPS) is 14.2. The van der Waals surface area contributed by atoms with Crippen molar-refractivity contribution in [1.82, 2.24) is 15.1 Å². The summed E-state index contributed by atoms with van der Waals surface area (Å²) in [5.74, 6) is 1.02. The maximum Gasteiger partial charge on any atom is 0.274 e. The average molecular weight is 397 g/mol. The van der Waals surface area contributed by atoms with Gasteiger partial charge >= 0.3 is 0 Å². The van der Waals surface area contributed by atoms with Gasteiger partial charge in [-0.1, -0.05) is 42.5 Å². The summed E-state index contributed by atoms with van der Waals surface area (Å²) in [5.41, 5.74) is 2.89. The summed E-state index contributed by atoms with van der Waals surface area (Å²) in [4.78, 5) is 14.7. The van der Waals surface area contributed by atoms with Crippen LogP contribution in [-0.4, -0.2) is 34.1 Å². The van der Waals surface area contributed by atoms with Crippen molar-refractivity contribution < 1.29 is 4.79 Å². The van der Waals surface area contributed by atoms with Crippen molar-refractivity contribution in [2.24, 2.45) is 5.92 Å². The number of nitriles is 1. The van der Waals surface area contributed by atoms with Gasteiger partial charge in [0.05, 0.1) is 11.3 Å². The van der Waals surface area contributed by atoms with Crippen LogP contribution in [0, 0.1) is 17.2 Å². The van der Waals surface area contributed by atoms with Gasteiger partial charge in [-0.2, -0.15) is 5.26 Å². The number of aromatic nitrogens is 2. The lowest BCUT2D eigenvalue weighted by molar-refractivity contribution is 0.0683. The highest BCUT2D eigenvalue weighted by Crippen LogP contribution is 2.23. The molecule has 2 aromatic carbocycles. The van der Waals surface area contributed by atoms with Crippen LogP contribution >= 0.6 is 0 Å². The molecular formula is C24H23N5O. The van der Waals surface area contributed by atoms with Crippen LogP contribution in [0.25, 0.3) is 0 Å². The Bertz CT molecular complexity index is 1040. The number of benzene rings is 2. The monoisotopic (exact) mass is 397 g/mol. The topological polar surface area (TPSA) is 81.9 Å². The summed E-state index contributed by atoms with van der Waals surface area (Å²) >= 11 is 0. The summed E-state index contributed by atoms with van der Waals surface area (Å²) in [6.07, 6.45) is 3.06. The first kappa shape index (κ1) is 19.6. The number of para-hydroxylation sites is 1. The van der Waals surface area contributed by atoms with E-state index >= 15 is 0 Å². The van der Waals surface area contributed by atoms with E-state index in [4.69, 9.17) is 0 Å². The fourth-order valence-electron chi connectivity index (χ4n) is 3.79. The second-order valence-electron chi connectivity index (χ2n) is 7.51. The van der Waals surface area contributed by atoms with Crippen molar-refractivity contribution in [3.8, 4) is 6.07 Å². The first-order chi connectivity index (χ1) is 14.7. The lowest BCUT2D eigenvalue weighted by atomic mass is 9.90. The third kappa shape index (κ3) is 4.64. The van der Waals surface area contributed by atoms with E-state index in [-0.39, 0.29) is 5.91 Å². The minimum Gasteiger partial charge on any atom is -0.338 e. The minimum atomic E-state index is -0.0790. The zero-order valence-electron chi connectivity index (χ0n) is 16.7. The molecule has 0 spiro atoms. The minimum absolute atomic E-state index is 0.0790. The molecular weight excluding hydrogens is 374 g/mol. The molecule has 0 saturated carbocycles. The number of carbonyl (C=O) groups is 1. The van der Waals surface area contributed by atoms with Crippen molar-refractivity contribution in [3.05, 3.63) is 83.6 Å². The van der Waals surface area contributed by atoms with Gasteiger partial charge in [0.2, 0.25) is 0 Å². The third-order valence-corrected chi connectivity index (χ3v) is 5.46. The van der Waals surface area contributed by atoms with E-state index in [1.54, 1.807) is 30.3 Å². The van der Waals surface area contributed by atoms with E-state index < -0.39 is 0 Å². The molecule has 3 aromatic rings. The highest BCUT2D eigenvalue weighted by Gasteiger charge is 2.24. The number of nitrogens with one attached hydrogen (secondary N) is 1. The fourth-order valence-corrected chi connectivity index (χ4v) is 3.79. The van der Waals surface area contributed by atoms with Crippen molar-refractivity contribution in [3.63, 3.8) is 0 Å². The number of carbonyl (C=O) groups excluding carboxylic acids is 1. The van der Waals surface area contributed by atoms with Crippen molar-refractivity contribution in [2.75, 3.05) is 18.4 Å². The number of hydrogen-bond donors (Lipinski definition) is 1. The summed E-state index contributed by atoms with van der Waals surface area (Å²) < 4.78 is 0. The molecule has 1 amide bonds. The Balaban J connectivity index is 1.33. The van der Waals surface area contributed by atoms with Gasteiger partial charge < -0.3 is 10.2 Å². The number of rotatable bonds is 5. The second-order valence-corrected chi connectivity index (χ2v) is 7.51. The van der Waals surface area contributed by atoms with Crippen LogP contribution in [0.4, 0.5) is 11.5 Å². The van der Waals surface area contributed by atoms with Crippen molar-refractivity contribution >= 4 is 17.4 Å². The smallest absolute Gasteiger partial charge is 0.274 e. The van der Waals surface area contributed by atoms with E-state index in [1.165, 1.54) is 5.56 Å². The molecule has 0 radical (unpaired) electrons. The fraction of sp³-hybridized carbons (Fsp3) is 0.250. The zero-order chi connectivity index (χ0) is 20.8. The zero-order valence-corrected chi connectivity index (χ0v) is 16.7. The summed E-state index contributed by atoms with van der Waals surface area (Å²) in [6.45, 7) is 1.49. The predicted molar refractivity (Wildman–Crippen MR) is 115 cm³/mol. The van der Waals surface area contributed by atoms with Crippen LogP contribution in [0.2, 0.25) is 0 Å². The van der Waals surface area contributed by atoms with Crippen molar-refractivity contribution in [1.29, 1.82) is 5.26 Å². The Hall–Kier alpha value is -3.72. The third-order valence-electron chi connectivity index (χ3n) is 5.46. The largest absolute Gasteiger partial charge is 0.338 e. The van der Waals surface area contributed by atoms with Gasteiger partial charge in [0, 0.05) is 13.1 Å². The molecule has 1 saturated heterocycles. The molecule has 30 heavy (non-hydrogen) atoms. The molecule has 6 heteroatoms. The van der Waals surface area contributed by atoms with Crippen LogP contribution in [0.15, 0.2) is 66.7 Å². The molecule has 6 nitrogen and oxygen atoms in total. The quantitative estimate of drug-likeness (QED) is 0.698.